The standard InChI is InChI=1S/C5H2F6/c6-3(5(9,10)11)1-2-4(7)8/h1-2H/b3-1-. The average Bonchev–Trinajstić information content (AvgIpc) is 1.80. The van der Waals surface area contributed by atoms with Gasteiger partial charge in [0.05, 0.1) is 0 Å². The van der Waals surface area contributed by atoms with Gasteiger partial charge in [-0.3, -0.25) is 0 Å². The normalized spacial score (nSPS) is 13.1. The quantitative estimate of drug-likeness (QED) is 0.425. The summed E-state index contributed by atoms with van der Waals surface area (Å²) in [5.74, 6) is -2.55. The van der Waals surface area contributed by atoms with E-state index in [1.807, 2.05) is 0 Å². The number of rotatable bonds is 1. The molecule has 0 fully saturated rings. The summed E-state index contributed by atoms with van der Waals surface area (Å²) in [7, 11) is 0. The fourth-order valence-electron chi connectivity index (χ4n) is 0.231. The Kier molecular flexibility index (Phi) is 3.16. The number of hydrogen-bond donors (Lipinski definition) is 0. The first kappa shape index (κ1) is 10.1. The van der Waals surface area contributed by atoms with E-state index in [1.54, 1.807) is 0 Å². The minimum absolute atomic E-state index is 0.261. The van der Waals surface area contributed by atoms with E-state index in [9.17, 15) is 26.3 Å². The highest BCUT2D eigenvalue weighted by molar-refractivity contribution is 5.10. The van der Waals surface area contributed by atoms with E-state index in [2.05, 4.69) is 0 Å². The molecule has 0 aromatic rings. The largest absolute Gasteiger partial charge is 0.442 e. The predicted molar refractivity (Wildman–Crippen MR) is 25.5 cm³/mol. The van der Waals surface area contributed by atoms with Gasteiger partial charge in [-0.05, 0) is 6.08 Å². The van der Waals surface area contributed by atoms with Crippen LogP contribution in [0.4, 0.5) is 26.3 Å². The first-order chi connectivity index (χ1) is 4.84. The molecule has 0 radical (unpaired) electrons. The Morgan fingerprint density at radius 3 is 1.64 bits per heavy atom. The van der Waals surface area contributed by atoms with Gasteiger partial charge in [-0.1, -0.05) is 0 Å². The average molecular weight is 176 g/mol. The first-order valence-electron chi connectivity index (χ1n) is 2.29. The Morgan fingerprint density at radius 1 is 0.909 bits per heavy atom. The maximum absolute atomic E-state index is 11.6. The van der Waals surface area contributed by atoms with E-state index >= 15 is 0 Å². The molecule has 0 aliphatic rings. The summed E-state index contributed by atoms with van der Waals surface area (Å²) >= 11 is 0. The van der Waals surface area contributed by atoms with Gasteiger partial charge in [0, 0.05) is 6.08 Å². The third-order valence-electron chi connectivity index (χ3n) is 0.626. The number of allylic oxidation sites excluding steroid dienone is 3. The monoisotopic (exact) mass is 176 g/mol. The molecule has 64 valence electrons. The second-order valence-corrected chi connectivity index (χ2v) is 1.47. The molecular weight excluding hydrogens is 174 g/mol. The van der Waals surface area contributed by atoms with Gasteiger partial charge in [0.15, 0.2) is 0 Å². The van der Waals surface area contributed by atoms with Crippen molar-refractivity contribution < 1.29 is 26.3 Å². The Balaban J connectivity index is 4.36. The van der Waals surface area contributed by atoms with Gasteiger partial charge < -0.3 is 0 Å². The number of hydrogen-bond acceptors (Lipinski definition) is 0. The van der Waals surface area contributed by atoms with Crippen molar-refractivity contribution in [1.82, 2.24) is 0 Å². The zero-order chi connectivity index (χ0) is 9.07. The van der Waals surface area contributed by atoms with Gasteiger partial charge in [0.1, 0.15) is 0 Å². The molecule has 0 N–H and O–H groups in total. The smallest absolute Gasteiger partial charge is 0.202 e. The molecule has 0 heterocycles. The Morgan fingerprint density at radius 2 is 1.36 bits per heavy atom. The first-order valence-corrected chi connectivity index (χ1v) is 2.29. The summed E-state index contributed by atoms with van der Waals surface area (Å²) in [6.07, 6.45) is -8.17. The Labute approximate surface area is 57.8 Å². The van der Waals surface area contributed by atoms with Crippen LogP contribution in [0.5, 0.6) is 0 Å². The Hall–Kier alpha value is -0.940. The summed E-state index contributed by atoms with van der Waals surface area (Å²) in [6.45, 7) is 0. The van der Waals surface area contributed by atoms with Crippen LogP contribution in [0.25, 0.3) is 0 Å². The predicted octanol–water partition coefficient (Wildman–Crippen LogP) is 3.18. The molecule has 11 heavy (non-hydrogen) atoms. The molecule has 0 atom stereocenters. The highest BCUT2D eigenvalue weighted by Gasteiger charge is 2.33. The lowest BCUT2D eigenvalue weighted by atomic mass is 10.4. The highest BCUT2D eigenvalue weighted by atomic mass is 19.4. The van der Waals surface area contributed by atoms with Crippen LogP contribution in [-0.4, -0.2) is 6.18 Å². The molecule has 0 unspecified atom stereocenters. The van der Waals surface area contributed by atoms with Crippen LogP contribution in [0.1, 0.15) is 0 Å². The lowest BCUT2D eigenvalue weighted by Crippen LogP contribution is -2.07. The van der Waals surface area contributed by atoms with Crippen molar-refractivity contribution in [2.24, 2.45) is 0 Å². The fraction of sp³-hybridized carbons (Fsp3) is 0.200. The van der Waals surface area contributed by atoms with E-state index < -0.39 is 18.1 Å². The van der Waals surface area contributed by atoms with Crippen LogP contribution in [0.15, 0.2) is 24.1 Å². The van der Waals surface area contributed by atoms with Gasteiger partial charge in [0.2, 0.25) is 5.83 Å². The lowest BCUT2D eigenvalue weighted by Gasteiger charge is -1.99. The van der Waals surface area contributed by atoms with Gasteiger partial charge in [0.25, 0.3) is 6.08 Å². The maximum Gasteiger partial charge on any atom is 0.442 e. The van der Waals surface area contributed by atoms with Crippen LogP contribution in [-0.2, 0) is 0 Å². The minimum atomic E-state index is -5.19. The second kappa shape index (κ2) is 3.45. The molecule has 0 nitrogen and oxygen atoms in total. The number of alkyl halides is 3. The lowest BCUT2D eigenvalue weighted by molar-refractivity contribution is -0.108. The van der Waals surface area contributed by atoms with Gasteiger partial charge in [-0.15, -0.1) is 0 Å². The SMILES string of the molecule is FC(F)=C/C=C(\F)C(F)(F)F. The van der Waals surface area contributed by atoms with Gasteiger partial charge in [-0.2, -0.15) is 22.0 Å². The van der Waals surface area contributed by atoms with Crippen LogP contribution in [0.3, 0.4) is 0 Å². The third-order valence-corrected chi connectivity index (χ3v) is 0.626. The van der Waals surface area contributed by atoms with E-state index in [-0.39, 0.29) is 12.2 Å². The molecule has 6 heteroatoms. The zero-order valence-corrected chi connectivity index (χ0v) is 4.92. The molecule has 0 saturated carbocycles. The molecule has 0 aromatic carbocycles. The third kappa shape index (κ3) is 4.46. The molecule has 0 bridgehead atoms. The van der Waals surface area contributed by atoms with E-state index in [1.165, 1.54) is 0 Å². The highest BCUT2D eigenvalue weighted by Crippen LogP contribution is 2.26. The number of halogens is 6. The Bertz CT molecular complexity index is 182. The van der Waals surface area contributed by atoms with Crippen molar-refractivity contribution in [3.05, 3.63) is 24.1 Å². The van der Waals surface area contributed by atoms with E-state index in [0.29, 0.717) is 0 Å². The summed E-state index contributed by atoms with van der Waals surface area (Å²) in [5.41, 5.74) is 0. The van der Waals surface area contributed by atoms with Crippen LogP contribution in [0.2, 0.25) is 0 Å². The van der Waals surface area contributed by atoms with Crippen LogP contribution in [0, 0.1) is 0 Å². The van der Waals surface area contributed by atoms with Crippen LogP contribution >= 0.6 is 0 Å². The van der Waals surface area contributed by atoms with Crippen molar-refractivity contribution in [1.29, 1.82) is 0 Å². The van der Waals surface area contributed by atoms with Crippen molar-refractivity contribution in [3.63, 3.8) is 0 Å². The summed E-state index contributed by atoms with van der Waals surface area (Å²) < 4.78 is 67.3. The van der Waals surface area contributed by atoms with Crippen LogP contribution < -0.4 is 0 Å². The van der Waals surface area contributed by atoms with Gasteiger partial charge in [-0.25, -0.2) is 4.39 Å². The van der Waals surface area contributed by atoms with E-state index in [0.717, 1.165) is 0 Å². The van der Waals surface area contributed by atoms with E-state index in [4.69, 9.17) is 0 Å². The van der Waals surface area contributed by atoms with Gasteiger partial charge >= 0.3 is 6.18 Å². The maximum atomic E-state index is 11.6. The molecule has 0 saturated heterocycles. The van der Waals surface area contributed by atoms with Crippen molar-refractivity contribution >= 4 is 0 Å². The molecule has 0 spiro atoms. The zero-order valence-electron chi connectivity index (χ0n) is 4.92. The molecular formula is C5H2F6. The molecule has 0 amide bonds. The summed E-state index contributed by atoms with van der Waals surface area (Å²) in [5, 5.41) is 0. The topological polar surface area (TPSA) is 0 Å². The van der Waals surface area contributed by atoms with Crippen molar-refractivity contribution in [2.75, 3.05) is 0 Å². The molecule has 0 aromatic heterocycles. The van der Waals surface area contributed by atoms with Crippen molar-refractivity contribution in [3.8, 4) is 0 Å². The summed E-state index contributed by atoms with van der Waals surface area (Å²) in [6, 6.07) is 0. The minimum Gasteiger partial charge on any atom is -0.202 e. The molecule has 0 aliphatic heterocycles. The molecule has 0 rings (SSSR count). The van der Waals surface area contributed by atoms with Crippen molar-refractivity contribution in [2.45, 2.75) is 6.18 Å². The fourth-order valence-corrected chi connectivity index (χ4v) is 0.231. The second-order valence-electron chi connectivity index (χ2n) is 1.47. The summed E-state index contributed by atoms with van der Waals surface area (Å²) in [4.78, 5) is 0. The molecule has 0 aliphatic carbocycles.